The number of aliphatic hydroxyl groups is 1. The third kappa shape index (κ3) is 4.68. The third-order valence-electron chi connectivity index (χ3n) is 10.0. The predicted octanol–water partition coefficient (Wildman–Crippen LogP) is 0.554. The molecule has 210 valence electrons. The van der Waals surface area contributed by atoms with Crippen molar-refractivity contribution in [3.05, 3.63) is 53.6 Å². The first-order chi connectivity index (χ1) is 18.1. The van der Waals surface area contributed by atoms with E-state index >= 15 is 4.39 Å². The molecule has 1 aromatic carbocycles. The Morgan fingerprint density at radius 2 is 1.93 bits per heavy atom. The molecule has 5 rings (SSSR count). The van der Waals surface area contributed by atoms with Crippen LogP contribution in [0.3, 0.4) is 0 Å². The van der Waals surface area contributed by atoms with Gasteiger partial charge < -0.3 is 14.4 Å². The molecule has 8 nitrogen and oxygen atoms in total. The normalized spacial score (nSPS) is 38.3. The minimum Gasteiger partial charge on any atom is -0.744 e. The van der Waals surface area contributed by atoms with Crippen LogP contribution >= 0.6 is 0 Å². The summed E-state index contributed by atoms with van der Waals surface area (Å²) in [5, 5.41) is 11.4. The van der Waals surface area contributed by atoms with Crippen molar-refractivity contribution in [2.45, 2.75) is 63.1 Å². The van der Waals surface area contributed by atoms with E-state index in [2.05, 4.69) is 0 Å². The van der Waals surface area contributed by atoms with Gasteiger partial charge >= 0.3 is 35.5 Å². The number of fused-ring (bicyclic) bond motifs is 5. The van der Waals surface area contributed by atoms with Crippen LogP contribution in [0.25, 0.3) is 0 Å². The van der Waals surface area contributed by atoms with Crippen molar-refractivity contribution < 1.29 is 71.1 Å². The van der Waals surface area contributed by atoms with Crippen molar-refractivity contribution in [2.75, 3.05) is 6.61 Å². The summed E-state index contributed by atoms with van der Waals surface area (Å²) in [5.41, 5.74) is -3.31. The summed E-state index contributed by atoms with van der Waals surface area (Å²) >= 11 is 0. The minimum absolute atomic E-state index is 0. The Labute approximate surface area is 255 Å². The van der Waals surface area contributed by atoms with Gasteiger partial charge in [-0.15, -0.1) is 0 Å². The number of hydrogen-bond donors (Lipinski definition) is 1. The van der Waals surface area contributed by atoms with Crippen LogP contribution in [0, 0.1) is 34.5 Å². The Bertz CT molecular complexity index is 1420. The van der Waals surface area contributed by atoms with Crippen molar-refractivity contribution in [3.63, 3.8) is 0 Å². The van der Waals surface area contributed by atoms with Crippen molar-refractivity contribution in [3.8, 4) is 0 Å². The average Bonchev–Trinajstić information content (AvgIpc) is 3.12. The second kappa shape index (κ2) is 10.5. The van der Waals surface area contributed by atoms with Crippen molar-refractivity contribution in [1.29, 1.82) is 0 Å². The number of aliphatic hydroxyl groups excluding tert-OH is 1. The van der Waals surface area contributed by atoms with Gasteiger partial charge in [-0.2, -0.15) is 0 Å². The number of benzene rings is 1. The molecular weight excluding hydrogens is 550 g/mol. The van der Waals surface area contributed by atoms with E-state index in [0.717, 1.165) is 12.1 Å². The van der Waals surface area contributed by atoms with Gasteiger partial charge in [-0.05, 0) is 80.2 Å². The molecule has 4 aliphatic carbocycles. The van der Waals surface area contributed by atoms with Gasteiger partial charge in [0.15, 0.2) is 23.8 Å². The summed E-state index contributed by atoms with van der Waals surface area (Å²) in [6, 6.07) is 4.50. The van der Waals surface area contributed by atoms with E-state index in [1.807, 2.05) is 13.8 Å². The fourth-order valence-electron chi connectivity index (χ4n) is 8.35. The summed E-state index contributed by atoms with van der Waals surface area (Å²) in [5.74, 6) is -2.93. The van der Waals surface area contributed by atoms with Gasteiger partial charge in [0.25, 0.3) is 0 Å². The van der Waals surface area contributed by atoms with E-state index in [1.54, 1.807) is 13.0 Å². The zero-order valence-electron chi connectivity index (χ0n) is 23.1. The van der Waals surface area contributed by atoms with Crippen LogP contribution in [0.5, 0.6) is 0 Å². The van der Waals surface area contributed by atoms with Gasteiger partial charge in [0, 0.05) is 17.3 Å². The van der Waals surface area contributed by atoms with Crippen LogP contribution in [-0.4, -0.2) is 54.0 Å². The molecule has 0 aliphatic heterocycles. The molecule has 0 spiro atoms. The first-order valence-electron chi connectivity index (χ1n) is 13.2. The Kier molecular flexibility index (Phi) is 8.24. The van der Waals surface area contributed by atoms with E-state index < -0.39 is 62.0 Å². The van der Waals surface area contributed by atoms with Crippen LogP contribution in [0.4, 0.5) is 4.39 Å². The number of allylic oxidation sites excluding steroid dienone is 4. The first kappa shape index (κ1) is 31.3. The van der Waals surface area contributed by atoms with Gasteiger partial charge in [0.1, 0.15) is 10.1 Å². The SMILES string of the molecule is C[C@@H]1C[C@H]2[C@@H]3CCC4=CC(=O)C=C[C@]4(C)[C@@]3(F)[C@@H](O)C[C@]2(C)[C@H]1C(=O)COC(=O)c1cccc(S(=O)(=O)[O-])c1.[Na+]. The monoisotopic (exact) mass is 582 g/mol. The van der Waals surface area contributed by atoms with Crippen LogP contribution < -0.4 is 29.6 Å². The molecular formula is C29H32FNaO8S. The molecule has 1 N–H and O–H groups in total. The second-order valence-electron chi connectivity index (χ2n) is 12.1. The van der Waals surface area contributed by atoms with E-state index in [0.29, 0.717) is 24.8 Å². The number of Topliss-reactive ketones (excluding diaryl/α,β-unsaturated/α-hetero) is 1. The smallest absolute Gasteiger partial charge is 0.744 e. The molecule has 8 atom stereocenters. The molecule has 0 saturated heterocycles. The Hall–Kier alpha value is -1.69. The quantitative estimate of drug-likeness (QED) is 0.302. The zero-order valence-corrected chi connectivity index (χ0v) is 25.9. The molecule has 1 aromatic rings. The molecule has 4 aliphatic rings. The number of rotatable bonds is 5. The number of carbonyl (C=O) groups is 3. The van der Waals surface area contributed by atoms with Gasteiger partial charge in [-0.25, -0.2) is 17.6 Å². The van der Waals surface area contributed by atoms with E-state index in [1.165, 1.54) is 24.3 Å². The van der Waals surface area contributed by atoms with Crippen molar-refractivity contribution in [2.24, 2.45) is 34.5 Å². The molecule has 0 unspecified atom stereocenters. The van der Waals surface area contributed by atoms with Crippen molar-refractivity contribution >= 4 is 27.7 Å². The summed E-state index contributed by atoms with van der Waals surface area (Å²) in [6.07, 6.45) is 4.69. The first-order valence-corrected chi connectivity index (χ1v) is 14.6. The number of carbonyl (C=O) groups excluding carboxylic acids is 3. The molecule has 0 radical (unpaired) electrons. The van der Waals surface area contributed by atoms with Crippen LogP contribution in [0.1, 0.15) is 56.8 Å². The van der Waals surface area contributed by atoms with Gasteiger partial charge in [0.05, 0.1) is 16.6 Å². The maximum Gasteiger partial charge on any atom is 1.00 e. The predicted molar refractivity (Wildman–Crippen MR) is 136 cm³/mol. The maximum absolute atomic E-state index is 17.2. The molecule has 0 aromatic heterocycles. The van der Waals surface area contributed by atoms with Gasteiger partial charge in [-0.3, -0.25) is 9.59 Å². The second-order valence-corrected chi connectivity index (χ2v) is 13.4. The number of alkyl halides is 1. The zero-order chi connectivity index (χ0) is 28.5. The van der Waals surface area contributed by atoms with Gasteiger partial charge in [-0.1, -0.05) is 31.6 Å². The van der Waals surface area contributed by atoms with Crippen LogP contribution in [-0.2, 0) is 24.4 Å². The summed E-state index contributed by atoms with van der Waals surface area (Å²) < 4.78 is 56.3. The fraction of sp³-hybridized carbons (Fsp3) is 0.552. The molecule has 0 amide bonds. The number of halogens is 1. The number of esters is 1. The molecule has 3 saturated carbocycles. The fourth-order valence-corrected chi connectivity index (χ4v) is 8.87. The average molecular weight is 583 g/mol. The number of ketones is 2. The van der Waals surface area contributed by atoms with E-state index in [-0.39, 0.29) is 64.9 Å². The third-order valence-corrected chi connectivity index (χ3v) is 10.9. The molecule has 0 heterocycles. The Morgan fingerprint density at radius 1 is 1.23 bits per heavy atom. The number of hydrogen-bond acceptors (Lipinski definition) is 8. The summed E-state index contributed by atoms with van der Waals surface area (Å²) in [4.78, 5) is 37.5. The largest absolute Gasteiger partial charge is 1.00 e. The molecule has 0 bridgehead atoms. The summed E-state index contributed by atoms with van der Waals surface area (Å²) in [6.45, 7) is 5.00. The van der Waals surface area contributed by atoms with Crippen LogP contribution in [0.2, 0.25) is 0 Å². The minimum atomic E-state index is -4.77. The van der Waals surface area contributed by atoms with Gasteiger partial charge in [0.2, 0.25) is 0 Å². The van der Waals surface area contributed by atoms with Crippen molar-refractivity contribution in [1.82, 2.24) is 0 Å². The number of ether oxygens (including phenoxy) is 1. The van der Waals surface area contributed by atoms with E-state index in [4.69, 9.17) is 4.74 Å². The Morgan fingerprint density at radius 3 is 2.60 bits per heavy atom. The van der Waals surface area contributed by atoms with E-state index in [9.17, 15) is 32.5 Å². The Balaban J connectivity index is 0.00000370. The van der Waals surface area contributed by atoms with Crippen LogP contribution in [0.15, 0.2) is 53.0 Å². The molecule has 3 fully saturated rings. The molecule has 11 heteroatoms. The molecule has 40 heavy (non-hydrogen) atoms. The topological polar surface area (TPSA) is 138 Å². The standard InChI is InChI=1S/C29H33FO8S.Na/c1-16-11-22-21-8-7-18-13-19(31)9-10-28(18,3)29(21,30)24(33)14-27(22,2)25(16)23(32)15-38-26(34)17-5-4-6-20(12-17)39(35,36)37;/h4-6,9-10,12-13,16,21-22,24-25,33H,7-8,11,14-15H2,1-3H3,(H,35,36,37);/q;+1/p-1/t16-,21+,22+,24+,25-,27+,28+,29+;/m1./s1. The summed E-state index contributed by atoms with van der Waals surface area (Å²) in [7, 11) is -4.77. The maximum atomic E-state index is 17.2.